The van der Waals surface area contributed by atoms with Crippen molar-refractivity contribution in [3.63, 3.8) is 0 Å². The first-order chi connectivity index (χ1) is 10.1. The molecule has 1 aromatic rings. The number of nitrogens with one attached hydrogen (secondary N) is 1. The fourth-order valence-corrected chi connectivity index (χ4v) is 3.91. The van der Waals surface area contributed by atoms with E-state index >= 15 is 0 Å². The second-order valence-corrected chi connectivity index (χ2v) is 6.06. The summed E-state index contributed by atoms with van der Waals surface area (Å²) in [6.07, 6.45) is 5.34. The summed E-state index contributed by atoms with van der Waals surface area (Å²) in [6.45, 7) is 2.64. The van der Waals surface area contributed by atoms with E-state index in [9.17, 15) is 13.2 Å². The molecule has 0 aromatic heterocycles. The summed E-state index contributed by atoms with van der Waals surface area (Å²) in [5.41, 5.74) is 0.0629. The Balaban J connectivity index is 1.78. The van der Waals surface area contributed by atoms with Crippen molar-refractivity contribution in [3.05, 3.63) is 29.6 Å². The molecule has 1 aromatic carbocycles. The fraction of sp³-hybridized carbons (Fsp3) is 0.625. The Morgan fingerprint density at radius 3 is 2.48 bits per heavy atom. The summed E-state index contributed by atoms with van der Waals surface area (Å²) in [4.78, 5) is 0. The van der Waals surface area contributed by atoms with Gasteiger partial charge in [-0.05, 0) is 26.2 Å². The highest BCUT2D eigenvalue weighted by Crippen LogP contribution is 2.55. The lowest BCUT2D eigenvalue weighted by molar-refractivity contribution is -0.114. The van der Waals surface area contributed by atoms with Crippen molar-refractivity contribution in [2.75, 3.05) is 11.9 Å². The Morgan fingerprint density at radius 2 is 1.81 bits per heavy atom. The molecule has 21 heavy (non-hydrogen) atoms. The van der Waals surface area contributed by atoms with Crippen LogP contribution in [0.25, 0.3) is 0 Å². The molecular weight excluding hydrogens is 279 g/mol. The van der Waals surface area contributed by atoms with Crippen LogP contribution in [-0.2, 0) is 4.74 Å². The second-order valence-electron chi connectivity index (χ2n) is 6.06. The first-order valence-electron chi connectivity index (χ1n) is 7.59. The van der Waals surface area contributed by atoms with Gasteiger partial charge in [-0.2, -0.15) is 0 Å². The molecule has 5 heteroatoms. The molecule has 0 aliphatic heterocycles. The SMILES string of the molecule is CCOC1CC(Nc2cc(F)c(F)cc2F)C12CCCC2. The van der Waals surface area contributed by atoms with Crippen LogP contribution in [0.2, 0.25) is 0 Å². The maximum absolute atomic E-state index is 13.8. The summed E-state index contributed by atoms with van der Waals surface area (Å²) < 4.78 is 45.8. The minimum atomic E-state index is -1.16. The van der Waals surface area contributed by atoms with Crippen molar-refractivity contribution in [2.24, 2.45) is 5.41 Å². The number of rotatable bonds is 4. The number of hydrogen-bond donors (Lipinski definition) is 1. The van der Waals surface area contributed by atoms with Gasteiger partial charge in [0.2, 0.25) is 0 Å². The number of benzene rings is 1. The Hall–Kier alpha value is -1.23. The fourth-order valence-electron chi connectivity index (χ4n) is 3.91. The van der Waals surface area contributed by atoms with Crippen LogP contribution in [0.4, 0.5) is 18.9 Å². The first kappa shape index (κ1) is 14.7. The van der Waals surface area contributed by atoms with Gasteiger partial charge in [0.15, 0.2) is 11.6 Å². The highest BCUT2D eigenvalue weighted by atomic mass is 19.2. The van der Waals surface area contributed by atoms with Gasteiger partial charge < -0.3 is 10.1 Å². The Bertz CT molecular complexity index is 528. The van der Waals surface area contributed by atoms with Crippen LogP contribution in [0, 0.1) is 22.9 Å². The zero-order chi connectivity index (χ0) is 15.0. The van der Waals surface area contributed by atoms with E-state index in [2.05, 4.69) is 5.32 Å². The van der Waals surface area contributed by atoms with Gasteiger partial charge >= 0.3 is 0 Å². The summed E-state index contributed by atoms with van der Waals surface area (Å²) in [5, 5.41) is 3.07. The number of halogens is 3. The van der Waals surface area contributed by atoms with Crippen molar-refractivity contribution in [1.82, 2.24) is 0 Å². The van der Waals surface area contributed by atoms with E-state index in [4.69, 9.17) is 4.74 Å². The monoisotopic (exact) mass is 299 g/mol. The molecule has 2 atom stereocenters. The largest absolute Gasteiger partial charge is 0.379 e. The van der Waals surface area contributed by atoms with Crippen LogP contribution in [0.5, 0.6) is 0 Å². The van der Waals surface area contributed by atoms with Gasteiger partial charge in [-0.25, -0.2) is 13.2 Å². The molecule has 2 fully saturated rings. The van der Waals surface area contributed by atoms with Crippen LogP contribution in [-0.4, -0.2) is 18.8 Å². The van der Waals surface area contributed by atoms with Gasteiger partial charge in [-0.3, -0.25) is 0 Å². The standard InChI is InChI=1S/C16H20F3NO/c1-2-21-15-9-14(16(15)5-3-4-6-16)20-13-8-11(18)10(17)7-12(13)19/h7-8,14-15,20H,2-6,9H2,1H3. The number of anilines is 1. The third kappa shape index (κ3) is 2.41. The molecule has 2 aliphatic carbocycles. The van der Waals surface area contributed by atoms with Crippen LogP contribution in [0.1, 0.15) is 39.0 Å². The molecule has 3 rings (SSSR count). The topological polar surface area (TPSA) is 21.3 Å². The van der Waals surface area contributed by atoms with Crippen molar-refractivity contribution in [3.8, 4) is 0 Å². The maximum atomic E-state index is 13.8. The average Bonchev–Trinajstić information content (AvgIpc) is 2.95. The lowest BCUT2D eigenvalue weighted by Crippen LogP contribution is -2.60. The molecule has 1 N–H and O–H groups in total. The third-order valence-electron chi connectivity index (χ3n) is 5.03. The van der Waals surface area contributed by atoms with Crippen LogP contribution in [0.3, 0.4) is 0 Å². The van der Waals surface area contributed by atoms with Crippen molar-refractivity contribution >= 4 is 5.69 Å². The number of ether oxygens (including phenoxy) is 1. The smallest absolute Gasteiger partial charge is 0.161 e. The van der Waals surface area contributed by atoms with Gasteiger partial charge in [0.25, 0.3) is 0 Å². The molecule has 0 radical (unpaired) electrons. The minimum absolute atomic E-state index is 0.0211. The van der Waals surface area contributed by atoms with Gasteiger partial charge in [-0.15, -0.1) is 0 Å². The van der Waals surface area contributed by atoms with E-state index in [0.717, 1.165) is 38.2 Å². The van der Waals surface area contributed by atoms with Crippen LogP contribution < -0.4 is 5.32 Å². The van der Waals surface area contributed by atoms with Gasteiger partial charge in [-0.1, -0.05) is 12.8 Å². The van der Waals surface area contributed by atoms with Gasteiger partial charge in [0.05, 0.1) is 11.8 Å². The molecule has 0 bridgehead atoms. The summed E-state index contributed by atoms with van der Waals surface area (Å²) in [6, 6.07) is 1.56. The Kier molecular flexibility index (Phi) is 3.86. The molecular formula is C16H20F3NO. The zero-order valence-electron chi connectivity index (χ0n) is 12.1. The molecule has 2 aliphatic rings. The van der Waals surface area contributed by atoms with E-state index in [0.29, 0.717) is 12.7 Å². The van der Waals surface area contributed by atoms with E-state index in [1.165, 1.54) is 0 Å². The molecule has 2 unspecified atom stereocenters. The quantitative estimate of drug-likeness (QED) is 0.839. The highest BCUT2D eigenvalue weighted by molar-refractivity contribution is 5.47. The minimum Gasteiger partial charge on any atom is -0.379 e. The molecule has 1 spiro atoms. The molecule has 2 saturated carbocycles. The highest BCUT2D eigenvalue weighted by Gasteiger charge is 2.56. The predicted molar refractivity (Wildman–Crippen MR) is 74.7 cm³/mol. The lowest BCUT2D eigenvalue weighted by Gasteiger charge is -2.54. The maximum Gasteiger partial charge on any atom is 0.161 e. The van der Waals surface area contributed by atoms with E-state index in [-0.39, 0.29) is 23.2 Å². The third-order valence-corrected chi connectivity index (χ3v) is 5.03. The van der Waals surface area contributed by atoms with Crippen LogP contribution >= 0.6 is 0 Å². The van der Waals surface area contributed by atoms with Crippen molar-refractivity contribution in [2.45, 2.75) is 51.2 Å². The second kappa shape index (κ2) is 5.52. The van der Waals surface area contributed by atoms with E-state index < -0.39 is 17.5 Å². The number of hydrogen-bond acceptors (Lipinski definition) is 2. The first-order valence-corrected chi connectivity index (χ1v) is 7.59. The average molecular weight is 299 g/mol. The molecule has 116 valence electrons. The molecule has 0 amide bonds. The summed E-state index contributed by atoms with van der Waals surface area (Å²) in [7, 11) is 0. The van der Waals surface area contributed by atoms with Gasteiger partial charge in [0, 0.05) is 30.2 Å². The predicted octanol–water partition coefficient (Wildman–Crippen LogP) is 4.25. The Morgan fingerprint density at radius 1 is 1.14 bits per heavy atom. The summed E-state index contributed by atoms with van der Waals surface area (Å²) in [5.74, 6) is -2.93. The van der Waals surface area contributed by atoms with Crippen molar-refractivity contribution < 1.29 is 17.9 Å². The normalized spacial score (nSPS) is 26.9. The van der Waals surface area contributed by atoms with E-state index in [1.54, 1.807) is 0 Å². The van der Waals surface area contributed by atoms with Gasteiger partial charge in [0.1, 0.15) is 5.82 Å². The van der Waals surface area contributed by atoms with Crippen molar-refractivity contribution in [1.29, 1.82) is 0 Å². The Labute approximate surface area is 122 Å². The lowest BCUT2D eigenvalue weighted by atomic mass is 9.60. The molecule has 0 heterocycles. The molecule has 2 nitrogen and oxygen atoms in total. The zero-order valence-corrected chi connectivity index (χ0v) is 12.1. The van der Waals surface area contributed by atoms with Crippen LogP contribution in [0.15, 0.2) is 12.1 Å². The summed E-state index contributed by atoms with van der Waals surface area (Å²) >= 11 is 0. The van der Waals surface area contributed by atoms with E-state index in [1.807, 2.05) is 6.92 Å². The molecule has 0 saturated heterocycles.